The maximum atomic E-state index is 12.3. The second kappa shape index (κ2) is 7.96. The second-order valence-electron chi connectivity index (χ2n) is 5.02. The number of thiophene rings is 1. The Morgan fingerprint density at radius 2 is 2.00 bits per heavy atom. The summed E-state index contributed by atoms with van der Waals surface area (Å²) in [6, 6.07) is 11.7. The lowest BCUT2D eigenvalue weighted by Crippen LogP contribution is -2.30. The number of carbonyl (C=O) groups is 1. The van der Waals surface area contributed by atoms with Gasteiger partial charge in [-0.25, -0.2) is 0 Å². The van der Waals surface area contributed by atoms with Crippen molar-refractivity contribution in [2.24, 2.45) is 0 Å². The van der Waals surface area contributed by atoms with Gasteiger partial charge in [0, 0.05) is 6.54 Å². The first kappa shape index (κ1) is 15.7. The average molecular weight is 303 g/mol. The number of nitrogens with one attached hydrogen (secondary N) is 1. The van der Waals surface area contributed by atoms with Gasteiger partial charge in [0.05, 0.1) is 12.0 Å². The molecule has 0 aliphatic carbocycles. The van der Waals surface area contributed by atoms with Gasteiger partial charge >= 0.3 is 0 Å². The standard InChI is InChI=1S/C17H21NO2S/c1-2-15(13-6-4-3-5-7-13)17(20)18-10-8-16(19)14-9-11-21-12-14/h3-7,9,11-12,15-16,19H,2,8,10H2,1H3,(H,18,20)/t15-,16-/m1/s1. The third-order valence-electron chi connectivity index (χ3n) is 3.57. The minimum atomic E-state index is -0.506. The lowest BCUT2D eigenvalue weighted by Gasteiger charge is -2.16. The highest BCUT2D eigenvalue weighted by Gasteiger charge is 2.18. The summed E-state index contributed by atoms with van der Waals surface area (Å²) in [4.78, 5) is 12.3. The van der Waals surface area contributed by atoms with Gasteiger partial charge in [0.25, 0.3) is 0 Å². The molecule has 0 fully saturated rings. The summed E-state index contributed by atoms with van der Waals surface area (Å²) in [6.07, 6.45) is 0.796. The quantitative estimate of drug-likeness (QED) is 0.822. The molecule has 0 saturated heterocycles. The van der Waals surface area contributed by atoms with E-state index in [9.17, 15) is 9.90 Å². The van der Waals surface area contributed by atoms with E-state index in [1.807, 2.05) is 54.1 Å². The van der Waals surface area contributed by atoms with Crippen LogP contribution < -0.4 is 5.32 Å². The topological polar surface area (TPSA) is 49.3 Å². The van der Waals surface area contributed by atoms with E-state index in [1.54, 1.807) is 11.3 Å². The summed E-state index contributed by atoms with van der Waals surface area (Å²) >= 11 is 1.57. The first-order valence-corrected chi connectivity index (χ1v) is 8.19. The molecule has 2 aromatic rings. The molecule has 0 saturated carbocycles. The maximum Gasteiger partial charge on any atom is 0.227 e. The number of rotatable bonds is 7. The SMILES string of the molecule is CC[C@@H](C(=O)NCC[C@@H](O)c1ccsc1)c1ccccc1. The molecule has 1 amide bonds. The smallest absolute Gasteiger partial charge is 0.227 e. The van der Waals surface area contributed by atoms with Crippen molar-refractivity contribution in [2.45, 2.75) is 31.8 Å². The van der Waals surface area contributed by atoms with Gasteiger partial charge in [0.2, 0.25) is 5.91 Å². The molecule has 0 radical (unpaired) electrons. The van der Waals surface area contributed by atoms with Crippen LogP contribution in [0.3, 0.4) is 0 Å². The Morgan fingerprint density at radius 3 is 2.62 bits per heavy atom. The third kappa shape index (κ3) is 4.41. The minimum Gasteiger partial charge on any atom is -0.388 e. The number of aliphatic hydroxyl groups excluding tert-OH is 1. The normalized spacial score (nSPS) is 13.6. The third-order valence-corrected chi connectivity index (χ3v) is 4.27. The highest BCUT2D eigenvalue weighted by molar-refractivity contribution is 7.07. The molecule has 0 unspecified atom stereocenters. The van der Waals surface area contributed by atoms with Gasteiger partial charge < -0.3 is 10.4 Å². The number of carbonyl (C=O) groups excluding carboxylic acids is 1. The molecular weight excluding hydrogens is 282 g/mol. The number of amides is 1. The molecule has 2 atom stereocenters. The number of hydrogen-bond acceptors (Lipinski definition) is 3. The number of benzene rings is 1. The van der Waals surface area contributed by atoms with Crippen LogP contribution in [0.1, 0.15) is 42.9 Å². The van der Waals surface area contributed by atoms with Crippen LogP contribution in [0, 0.1) is 0 Å². The summed E-state index contributed by atoms with van der Waals surface area (Å²) in [7, 11) is 0. The average Bonchev–Trinajstić information content (AvgIpc) is 3.03. The zero-order valence-corrected chi connectivity index (χ0v) is 13.0. The molecule has 0 aliphatic heterocycles. The zero-order valence-electron chi connectivity index (χ0n) is 12.2. The Balaban J connectivity index is 1.83. The predicted molar refractivity (Wildman–Crippen MR) is 86.4 cm³/mol. The molecular formula is C17H21NO2S. The van der Waals surface area contributed by atoms with Gasteiger partial charge in [-0.05, 0) is 40.8 Å². The first-order valence-electron chi connectivity index (χ1n) is 7.25. The molecule has 0 bridgehead atoms. The van der Waals surface area contributed by atoms with Crippen molar-refractivity contribution < 1.29 is 9.90 Å². The summed E-state index contributed by atoms with van der Waals surface area (Å²) in [5, 5.41) is 16.8. The highest BCUT2D eigenvalue weighted by atomic mass is 32.1. The molecule has 4 heteroatoms. The predicted octanol–water partition coefficient (Wildman–Crippen LogP) is 3.48. The molecule has 1 aromatic carbocycles. The summed E-state index contributed by atoms with van der Waals surface area (Å²) in [6.45, 7) is 2.50. The van der Waals surface area contributed by atoms with Crippen LogP contribution in [0.2, 0.25) is 0 Å². The Morgan fingerprint density at radius 1 is 1.24 bits per heavy atom. The van der Waals surface area contributed by atoms with Crippen molar-refractivity contribution in [3.05, 3.63) is 58.3 Å². The fraction of sp³-hybridized carbons (Fsp3) is 0.353. The Kier molecular flexibility index (Phi) is 5.96. The van der Waals surface area contributed by atoms with Gasteiger partial charge in [0.1, 0.15) is 0 Å². The summed E-state index contributed by atoms with van der Waals surface area (Å²) < 4.78 is 0. The van der Waals surface area contributed by atoms with Crippen molar-refractivity contribution in [3.8, 4) is 0 Å². The lowest BCUT2D eigenvalue weighted by atomic mass is 9.95. The molecule has 1 heterocycles. The van der Waals surface area contributed by atoms with Gasteiger partial charge in [-0.1, -0.05) is 37.3 Å². The molecule has 1 aromatic heterocycles. The van der Waals surface area contributed by atoms with E-state index < -0.39 is 6.10 Å². The van der Waals surface area contributed by atoms with Crippen LogP contribution in [0.15, 0.2) is 47.2 Å². The number of aliphatic hydroxyl groups is 1. The van der Waals surface area contributed by atoms with Crippen LogP contribution in [0.4, 0.5) is 0 Å². The van der Waals surface area contributed by atoms with Crippen molar-refractivity contribution >= 4 is 17.2 Å². The Labute approximate surface area is 129 Å². The van der Waals surface area contributed by atoms with Gasteiger partial charge in [-0.2, -0.15) is 11.3 Å². The molecule has 112 valence electrons. The van der Waals surface area contributed by atoms with Crippen LogP contribution >= 0.6 is 11.3 Å². The fourth-order valence-corrected chi connectivity index (χ4v) is 3.05. The van der Waals surface area contributed by atoms with E-state index in [1.165, 1.54) is 0 Å². The van der Waals surface area contributed by atoms with Crippen LogP contribution in [-0.4, -0.2) is 17.6 Å². The fourth-order valence-electron chi connectivity index (χ4n) is 2.34. The highest BCUT2D eigenvalue weighted by Crippen LogP contribution is 2.20. The van der Waals surface area contributed by atoms with Gasteiger partial charge in [0.15, 0.2) is 0 Å². The summed E-state index contributed by atoms with van der Waals surface area (Å²) in [5.74, 6) is -0.0919. The molecule has 0 aliphatic rings. The van der Waals surface area contributed by atoms with Crippen molar-refractivity contribution in [1.82, 2.24) is 5.32 Å². The van der Waals surface area contributed by atoms with Crippen molar-refractivity contribution in [1.29, 1.82) is 0 Å². The monoisotopic (exact) mass is 303 g/mol. The molecule has 2 N–H and O–H groups in total. The largest absolute Gasteiger partial charge is 0.388 e. The van der Waals surface area contributed by atoms with E-state index >= 15 is 0 Å². The molecule has 2 rings (SSSR count). The summed E-state index contributed by atoms with van der Waals surface area (Å²) in [5.41, 5.74) is 1.96. The molecule has 0 spiro atoms. The van der Waals surface area contributed by atoms with E-state index in [0.29, 0.717) is 13.0 Å². The Hall–Kier alpha value is -1.65. The van der Waals surface area contributed by atoms with Crippen molar-refractivity contribution in [3.63, 3.8) is 0 Å². The minimum absolute atomic E-state index is 0.0289. The van der Waals surface area contributed by atoms with Crippen LogP contribution in [0.5, 0.6) is 0 Å². The van der Waals surface area contributed by atoms with Gasteiger partial charge in [-0.3, -0.25) is 4.79 Å². The van der Waals surface area contributed by atoms with E-state index in [4.69, 9.17) is 0 Å². The first-order chi connectivity index (χ1) is 10.2. The van der Waals surface area contributed by atoms with Crippen LogP contribution in [-0.2, 0) is 4.79 Å². The van der Waals surface area contributed by atoms with E-state index in [0.717, 1.165) is 17.5 Å². The van der Waals surface area contributed by atoms with E-state index in [-0.39, 0.29) is 11.8 Å². The van der Waals surface area contributed by atoms with E-state index in [2.05, 4.69) is 5.32 Å². The maximum absolute atomic E-state index is 12.3. The molecule has 3 nitrogen and oxygen atoms in total. The van der Waals surface area contributed by atoms with Gasteiger partial charge in [-0.15, -0.1) is 0 Å². The lowest BCUT2D eigenvalue weighted by molar-refractivity contribution is -0.122. The second-order valence-corrected chi connectivity index (χ2v) is 5.80. The van der Waals surface area contributed by atoms with Crippen LogP contribution in [0.25, 0.3) is 0 Å². The number of hydrogen-bond donors (Lipinski definition) is 2. The molecule has 21 heavy (non-hydrogen) atoms. The zero-order chi connectivity index (χ0) is 15.1. The Bertz CT molecular complexity index is 539. The van der Waals surface area contributed by atoms with Crippen molar-refractivity contribution in [2.75, 3.05) is 6.54 Å².